The maximum Gasteiger partial charge on any atom is 0.188 e. The molecule has 2 heterocycles. The maximum atomic E-state index is 13.5. The summed E-state index contributed by atoms with van der Waals surface area (Å²) in [6, 6.07) is 4.21. The molecule has 0 aliphatic heterocycles. The molecule has 0 amide bonds. The first-order chi connectivity index (χ1) is 11.4. The number of thiazole rings is 1. The molecule has 0 aliphatic carbocycles. The van der Waals surface area contributed by atoms with Gasteiger partial charge in [0, 0.05) is 13.0 Å². The zero-order valence-corrected chi connectivity index (χ0v) is 14.1. The number of nitrogens with zero attached hydrogens (tertiary/aromatic N) is 3. The Hall–Kier alpha value is -2.61. The Balaban J connectivity index is 2.02. The van der Waals surface area contributed by atoms with Crippen LogP contribution in [0.3, 0.4) is 0 Å². The highest BCUT2D eigenvalue weighted by molar-refractivity contribution is 7.19. The molecule has 0 unspecified atom stereocenters. The van der Waals surface area contributed by atoms with Crippen molar-refractivity contribution in [2.24, 2.45) is 0 Å². The van der Waals surface area contributed by atoms with Crippen LogP contribution < -0.4 is 10.1 Å². The molecule has 0 fully saturated rings. The minimum atomic E-state index is -0.392. The lowest BCUT2D eigenvalue weighted by atomic mass is 10.2. The minimum absolute atomic E-state index is 0.110. The van der Waals surface area contributed by atoms with E-state index in [9.17, 15) is 9.18 Å². The van der Waals surface area contributed by atoms with Crippen molar-refractivity contribution in [2.45, 2.75) is 26.9 Å². The number of ether oxygens (including phenoxy) is 1. The topological polar surface area (TPSA) is 77.0 Å². The summed E-state index contributed by atoms with van der Waals surface area (Å²) in [5.74, 6) is 0.286. The third-order valence-corrected chi connectivity index (χ3v) is 4.12. The van der Waals surface area contributed by atoms with Gasteiger partial charge in [0.15, 0.2) is 16.6 Å². The van der Waals surface area contributed by atoms with E-state index in [4.69, 9.17) is 4.74 Å². The van der Waals surface area contributed by atoms with Crippen LogP contribution in [0.15, 0.2) is 24.5 Å². The van der Waals surface area contributed by atoms with E-state index in [0.29, 0.717) is 32.6 Å². The number of carbonyl (C=O) groups excluding carboxylic acids is 1. The molecule has 0 bridgehead atoms. The van der Waals surface area contributed by atoms with Gasteiger partial charge in [-0.2, -0.15) is 0 Å². The SMILES string of the molecule is CC(=O)c1nc2c(Nc3ccc(F)cc3OC(C)C)ncnc2s1. The van der Waals surface area contributed by atoms with E-state index < -0.39 is 5.82 Å². The first-order valence-corrected chi connectivity index (χ1v) is 8.11. The van der Waals surface area contributed by atoms with Crippen molar-refractivity contribution in [1.29, 1.82) is 0 Å². The van der Waals surface area contributed by atoms with Crippen molar-refractivity contribution in [3.8, 4) is 5.75 Å². The molecule has 1 aromatic carbocycles. The Labute approximate surface area is 141 Å². The standard InChI is InChI=1S/C16H15FN4O2S/c1-8(2)23-12-6-10(17)4-5-11(12)20-14-13-16(19-7-18-14)24-15(21-13)9(3)22/h4-8H,1-3H3,(H,18,19,20). The second kappa shape index (κ2) is 6.48. The van der Waals surface area contributed by atoms with Crippen molar-refractivity contribution in [2.75, 3.05) is 5.32 Å². The van der Waals surface area contributed by atoms with E-state index in [-0.39, 0.29) is 11.9 Å². The Morgan fingerprint density at radius 2 is 2.12 bits per heavy atom. The molecule has 8 heteroatoms. The number of aromatic nitrogens is 3. The number of carbonyl (C=O) groups is 1. The van der Waals surface area contributed by atoms with Gasteiger partial charge in [0.1, 0.15) is 28.2 Å². The monoisotopic (exact) mass is 346 g/mol. The van der Waals surface area contributed by atoms with Gasteiger partial charge in [0.2, 0.25) is 0 Å². The minimum Gasteiger partial charge on any atom is -0.489 e. The second-order valence-corrected chi connectivity index (χ2v) is 6.36. The van der Waals surface area contributed by atoms with Gasteiger partial charge in [0.25, 0.3) is 0 Å². The fourth-order valence-electron chi connectivity index (χ4n) is 2.07. The first-order valence-electron chi connectivity index (χ1n) is 7.29. The predicted molar refractivity (Wildman–Crippen MR) is 90.7 cm³/mol. The molecule has 1 N–H and O–H groups in total. The summed E-state index contributed by atoms with van der Waals surface area (Å²) >= 11 is 1.20. The van der Waals surface area contributed by atoms with Gasteiger partial charge < -0.3 is 10.1 Å². The lowest BCUT2D eigenvalue weighted by molar-refractivity contribution is 0.101. The molecule has 3 aromatic rings. The summed E-state index contributed by atoms with van der Waals surface area (Å²) in [5.41, 5.74) is 1.05. The van der Waals surface area contributed by atoms with Crippen molar-refractivity contribution in [3.63, 3.8) is 0 Å². The van der Waals surface area contributed by atoms with Crippen molar-refractivity contribution in [3.05, 3.63) is 35.4 Å². The quantitative estimate of drug-likeness (QED) is 0.705. The molecule has 0 radical (unpaired) electrons. The highest BCUT2D eigenvalue weighted by Gasteiger charge is 2.15. The van der Waals surface area contributed by atoms with Gasteiger partial charge in [-0.15, -0.1) is 0 Å². The van der Waals surface area contributed by atoms with E-state index in [1.807, 2.05) is 13.8 Å². The van der Waals surface area contributed by atoms with E-state index in [2.05, 4.69) is 20.3 Å². The average molecular weight is 346 g/mol. The Bertz CT molecular complexity index is 910. The Morgan fingerprint density at radius 3 is 2.83 bits per heavy atom. The lowest BCUT2D eigenvalue weighted by Crippen LogP contribution is -2.08. The molecule has 2 aromatic heterocycles. The van der Waals surface area contributed by atoms with Crippen LogP contribution in [0.5, 0.6) is 5.75 Å². The fourth-order valence-corrected chi connectivity index (χ4v) is 2.88. The lowest BCUT2D eigenvalue weighted by Gasteiger charge is -2.15. The van der Waals surface area contributed by atoms with Crippen molar-refractivity contribution >= 4 is 39.0 Å². The number of anilines is 2. The summed E-state index contributed by atoms with van der Waals surface area (Å²) < 4.78 is 19.1. The Morgan fingerprint density at radius 1 is 1.33 bits per heavy atom. The molecule has 24 heavy (non-hydrogen) atoms. The number of Topliss-reactive ketones (excluding diaryl/α,β-unsaturated/α-hetero) is 1. The van der Waals surface area contributed by atoms with Crippen molar-refractivity contribution < 1.29 is 13.9 Å². The van der Waals surface area contributed by atoms with Crippen LogP contribution in [0.2, 0.25) is 0 Å². The van der Waals surface area contributed by atoms with Crippen LogP contribution in [-0.2, 0) is 0 Å². The van der Waals surface area contributed by atoms with Crippen molar-refractivity contribution in [1.82, 2.24) is 15.0 Å². The number of nitrogens with one attached hydrogen (secondary N) is 1. The van der Waals surface area contributed by atoms with Crippen LogP contribution in [0.4, 0.5) is 15.9 Å². The van der Waals surface area contributed by atoms with E-state index in [1.54, 1.807) is 6.07 Å². The second-order valence-electron chi connectivity index (χ2n) is 5.38. The molecule has 0 atom stereocenters. The molecular weight excluding hydrogens is 331 g/mol. The van der Waals surface area contributed by atoms with Gasteiger partial charge in [-0.1, -0.05) is 11.3 Å². The first kappa shape index (κ1) is 16.3. The summed E-state index contributed by atoms with van der Waals surface area (Å²) in [6.45, 7) is 5.17. The summed E-state index contributed by atoms with van der Waals surface area (Å²) in [6.07, 6.45) is 1.28. The average Bonchev–Trinajstić information content (AvgIpc) is 2.95. The Kier molecular flexibility index (Phi) is 4.39. The highest BCUT2D eigenvalue weighted by atomic mass is 32.1. The molecule has 124 valence electrons. The van der Waals surface area contributed by atoms with Gasteiger partial charge in [0.05, 0.1) is 11.8 Å². The molecule has 0 saturated heterocycles. The van der Waals surface area contributed by atoms with Crippen LogP contribution in [0, 0.1) is 5.82 Å². The summed E-state index contributed by atoms with van der Waals surface area (Å²) in [7, 11) is 0. The van der Waals surface area contributed by atoms with Crippen LogP contribution >= 0.6 is 11.3 Å². The number of rotatable bonds is 5. The predicted octanol–water partition coefficient (Wildman–Crippen LogP) is 3.96. The smallest absolute Gasteiger partial charge is 0.188 e. The molecular formula is C16H15FN4O2S. The van der Waals surface area contributed by atoms with E-state index >= 15 is 0 Å². The van der Waals surface area contributed by atoms with E-state index in [0.717, 1.165) is 0 Å². The largest absolute Gasteiger partial charge is 0.489 e. The zero-order chi connectivity index (χ0) is 17.3. The van der Waals surface area contributed by atoms with Gasteiger partial charge in [-0.25, -0.2) is 19.3 Å². The van der Waals surface area contributed by atoms with Crippen LogP contribution in [0.1, 0.15) is 30.6 Å². The summed E-state index contributed by atoms with van der Waals surface area (Å²) in [4.78, 5) is 24.7. The fraction of sp³-hybridized carbons (Fsp3) is 0.250. The third-order valence-electron chi connectivity index (χ3n) is 3.06. The molecule has 0 aliphatic rings. The number of benzene rings is 1. The maximum absolute atomic E-state index is 13.5. The number of hydrogen-bond donors (Lipinski definition) is 1. The van der Waals surface area contributed by atoms with Gasteiger partial charge in [-0.3, -0.25) is 4.79 Å². The van der Waals surface area contributed by atoms with Gasteiger partial charge in [-0.05, 0) is 26.0 Å². The molecule has 6 nitrogen and oxygen atoms in total. The number of fused-ring (bicyclic) bond motifs is 1. The number of hydrogen-bond acceptors (Lipinski definition) is 7. The number of ketones is 1. The molecule has 3 rings (SSSR count). The molecule has 0 spiro atoms. The third kappa shape index (κ3) is 3.33. The number of halogens is 1. The highest BCUT2D eigenvalue weighted by Crippen LogP contribution is 2.32. The molecule has 0 saturated carbocycles. The normalized spacial score (nSPS) is 11.0. The van der Waals surface area contributed by atoms with Crippen LogP contribution in [0.25, 0.3) is 10.3 Å². The zero-order valence-electron chi connectivity index (χ0n) is 13.3. The van der Waals surface area contributed by atoms with E-state index in [1.165, 1.54) is 36.7 Å². The summed E-state index contributed by atoms with van der Waals surface area (Å²) in [5, 5.41) is 3.46. The van der Waals surface area contributed by atoms with Crippen LogP contribution in [-0.4, -0.2) is 26.8 Å². The van der Waals surface area contributed by atoms with Gasteiger partial charge >= 0.3 is 0 Å².